The van der Waals surface area contributed by atoms with Crippen LogP contribution >= 0.6 is 0 Å². The van der Waals surface area contributed by atoms with Gasteiger partial charge in [0.05, 0.1) is 11.1 Å². The highest BCUT2D eigenvalue weighted by Gasteiger charge is 2.31. The van der Waals surface area contributed by atoms with E-state index in [4.69, 9.17) is 0 Å². The number of aryl methyl sites for hydroxylation is 2. The fraction of sp³-hybridized carbons (Fsp3) is 0.261. The van der Waals surface area contributed by atoms with Crippen LogP contribution in [0.1, 0.15) is 21.7 Å². The van der Waals surface area contributed by atoms with Crippen molar-refractivity contribution in [2.75, 3.05) is 26.2 Å². The lowest BCUT2D eigenvalue weighted by atomic mass is 10.1. The predicted molar refractivity (Wildman–Crippen MR) is 121 cm³/mol. The highest BCUT2D eigenvalue weighted by molar-refractivity contribution is 7.89. The van der Waals surface area contributed by atoms with Crippen molar-refractivity contribution >= 4 is 32.4 Å². The van der Waals surface area contributed by atoms with E-state index in [2.05, 4.69) is 10.1 Å². The second kappa shape index (κ2) is 7.68. The normalized spacial score (nSPS) is 15.5. The minimum absolute atomic E-state index is 0.180. The van der Waals surface area contributed by atoms with Gasteiger partial charge < -0.3 is 4.90 Å². The van der Waals surface area contributed by atoms with E-state index in [0.717, 1.165) is 22.2 Å². The molecule has 3 heterocycles. The summed E-state index contributed by atoms with van der Waals surface area (Å²) in [5.41, 5.74) is 2.68. The molecule has 2 aromatic heterocycles. The number of rotatable bonds is 3. The van der Waals surface area contributed by atoms with Crippen LogP contribution in [0, 0.1) is 13.8 Å². The Labute approximate surface area is 186 Å². The Kier molecular flexibility index (Phi) is 4.94. The van der Waals surface area contributed by atoms with Crippen LogP contribution in [0.15, 0.2) is 59.6 Å². The number of carbonyl (C=O) groups excluding carboxylic acids is 1. The van der Waals surface area contributed by atoms with Crippen LogP contribution in [0.5, 0.6) is 0 Å². The van der Waals surface area contributed by atoms with E-state index < -0.39 is 10.0 Å². The SMILES string of the molecule is Cc1cc(C)n2ncc(C(=O)N3CCN(S(=O)(=O)c4ccc5ccccc5c4)CC3)c2n1. The van der Waals surface area contributed by atoms with Gasteiger partial charge in [-0.1, -0.05) is 30.3 Å². The molecule has 4 aromatic rings. The fourth-order valence-corrected chi connectivity index (χ4v) is 5.66. The van der Waals surface area contributed by atoms with Gasteiger partial charge in [0, 0.05) is 37.6 Å². The van der Waals surface area contributed by atoms with Gasteiger partial charge in [0.2, 0.25) is 10.0 Å². The molecule has 1 fully saturated rings. The Morgan fingerprint density at radius 3 is 2.41 bits per heavy atom. The van der Waals surface area contributed by atoms with Crippen molar-refractivity contribution < 1.29 is 13.2 Å². The molecule has 0 radical (unpaired) electrons. The summed E-state index contributed by atoms with van der Waals surface area (Å²) in [6.07, 6.45) is 1.54. The predicted octanol–water partition coefficient (Wildman–Crippen LogP) is 2.65. The Bertz CT molecular complexity index is 1450. The van der Waals surface area contributed by atoms with Gasteiger partial charge >= 0.3 is 0 Å². The molecule has 0 N–H and O–H groups in total. The van der Waals surface area contributed by atoms with E-state index >= 15 is 0 Å². The molecule has 0 bridgehead atoms. The lowest BCUT2D eigenvalue weighted by Gasteiger charge is -2.33. The van der Waals surface area contributed by atoms with E-state index in [0.29, 0.717) is 24.3 Å². The van der Waals surface area contributed by atoms with Crippen molar-refractivity contribution in [3.05, 3.63) is 71.7 Å². The topological polar surface area (TPSA) is 87.9 Å². The maximum atomic E-state index is 13.2. The van der Waals surface area contributed by atoms with Gasteiger partial charge in [0.1, 0.15) is 5.56 Å². The summed E-state index contributed by atoms with van der Waals surface area (Å²) in [4.78, 5) is 19.6. The monoisotopic (exact) mass is 449 g/mol. The molecule has 32 heavy (non-hydrogen) atoms. The molecule has 5 rings (SSSR count). The molecule has 0 spiro atoms. The summed E-state index contributed by atoms with van der Waals surface area (Å²) in [5.74, 6) is -0.180. The van der Waals surface area contributed by atoms with E-state index in [1.807, 2.05) is 50.2 Å². The smallest absolute Gasteiger partial charge is 0.259 e. The zero-order valence-corrected chi connectivity index (χ0v) is 18.7. The van der Waals surface area contributed by atoms with Crippen LogP contribution in [0.4, 0.5) is 0 Å². The van der Waals surface area contributed by atoms with Gasteiger partial charge in [0.15, 0.2) is 5.65 Å². The van der Waals surface area contributed by atoms with E-state index in [-0.39, 0.29) is 23.9 Å². The highest BCUT2D eigenvalue weighted by atomic mass is 32.2. The van der Waals surface area contributed by atoms with Gasteiger partial charge in [-0.3, -0.25) is 4.79 Å². The van der Waals surface area contributed by atoms with Crippen LogP contribution in [0.3, 0.4) is 0 Å². The van der Waals surface area contributed by atoms with Crippen LogP contribution in [-0.2, 0) is 10.0 Å². The average molecular weight is 450 g/mol. The Hall–Kier alpha value is -3.30. The average Bonchev–Trinajstić information content (AvgIpc) is 3.22. The first-order valence-electron chi connectivity index (χ1n) is 10.4. The van der Waals surface area contributed by atoms with Gasteiger partial charge in [-0.2, -0.15) is 9.40 Å². The molecule has 8 nitrogen and oxygen atoms in total. The number of piperazine rings is 1. The first-order valence-corrected chi connectivity index (χ1v) is 11.9. The van der Waals surface area contributed by atoms with Crippen LogP contribution in [0.2, 0.25) is 0 Å². The van der Waals surface area contributed by atoms with Crippen molar-refractivity contribution in [3.8, 4) is 0 Å². The standard InChI is InChI=1S/C23H23N5O3S/c1-16-13-17(2)28-22(25-16)21(15-24-28)23(29)26-9-11-27(12-10-26)32(30,31)20-8-7-18-5-3-4-6-19(18)14-20/h3-8,13-15H,9-12H2,1-2H3. The molecule has 1 aliphatic rings. The van der Waals surface area contributed by atoms with Crippen molar-refractivity contribution in [2.45, 2.75) is 18.7 Å². The first-order chi connectivity index (χ1) is 15.3. The molecule has 0 unspecified atom stereocenters. The number of carbonyl (C=O) groups is 1. The molecule has 0 atom stereocenters. The van der Waals surface area contributed by atoms with Crippen LogP contribution < -0.4 is 0 Å². The van der Waals surface area contributed by atoms with E-state index in [1.165, 1.54) is 10.5 Å². The second-order valence-corrected chi connectivity index (χ2v) is 9.98. The number of sulfonamides is 1. The number of aromatic nitrogens is 3. The van der Waals surface area contributed by atoms with E-state index in [9.17, 15) is 13.2 Å². The maximum absolute atomic E-state index is 13.2. The van der Waals surface area contributed by atoms with Crippen molar-refractivity contribution in [1.29, 1.82) is 0 Å². The summed E-state index contributed by atoms with van der Waals surface area (Å²) in [5, 5.41) is 6.17. The van der Waals surface area contributed by atoms with Gasteiger partial charge in [-0.05, 0) is 42.8 Å². The minimum atomic E-state index is -3.64. The molecular formula is C23H23N5O3S. The Balaban J connectivity index is 1.35. The van der Waals surface area contributed by atoms with E-state index in [1.54, 1.807) is 21.5 Å². The van der Waals surface area contributed by atoms with Crippen molar-refractivity contribution in [1.82, 2.24) is 23.8 Å². The zero-order chi connectivity index (χ0) is 22.5. The van der Waals surface area contributed by atoms with Crippen LogP contribution in [-0.4, -0.2) is 64.3 Å². The molecule has 0 aliphatic carbocycles. The fourth-order valence-electron chi connectivity index (χ4n) is 4.20. The maximum Gasteiger partial charge on any atom is 0.259 e. The highest BCUT2D eigenvalue weighted by Crippen LogP contribution is 2.23. The molecule has 1 aliphatic heterocycles. The first kappa shape index (κ1) is 20.6. The summed E-state index contributed by atoms with van der Waals surface area (Å²) in [6, 6.07) is 14.8. The Morgan fingerprint density at radius 2 is 1.66 bits per heavy atom. The number of nitrogens with zero attached hydrogens (tertiary/aromatic N) is 5. The van der Waals surface area contributed by atoms with Crippen molar-refractivity contribution in [2.24, 2.45) is 0 Å². The molecular weight excluding hydrogens is 426 g/mol. The van der Waals surface area contributed by atoms with Gasteiger partial charge in [-0.15, -0.1) is 0 Å². The molecule has 164 valence electrons. The number of hydrogen-bond donors (Lipinski definition) is 0. The summed E-state index contributed by atoms with van der Waals surface area (Å²) in [7, 11) is -3.64. The third kappa shape index (κ3) is 3.43. The third-order valence-electron chi connectivity index (χ3n) is 5.89. The molecule has 0 saturated carbocycles. The quantitative estimate of drug-likeness (QED) is 0.480. The Morgan fingerprint density at radius 1 is 0.938 bits per heavy atom. The second-order valence-electron chi connectivity index (χ2n) is 8.04. The lowest BCUT2D eigenvalue weighted by Crippen LogP contribution is -2.50. The summed E-state index contributed by atoms with van der Waals surface area (Å²) < 4.78 is 29.5. The molecule has 1 amide bonds. The minimum Gasteiger partial charge on any atom is -0.336 e. The van der Waals surface area contributed by atoms with Gasteiger partial charge in [0.25, 0.3) is 5.91 Å². The van der Waals surface area contributed by atoms with Crippen molar-refractivity contribution in [3.63, 3.8) is 0 Å². The molecule has 2 aromatic carbocycles. The number of benzene rings is 2. The summed E-state index contributed by atoms with van der Waals surface area (Å²) >= 11 is 0. The molecule has 1 saturated heterocycles. The molecule has 9 heteroatoms. The summed E-state index contributed by atoms with van der Waals surface area (Å²) in [6.45, 7) is 4.91. The third-order valence-corrected chi connectivity index (χ3v) is 7.79. The number of amides is 1. The lowest BCUT2D eigenvalue weighted by molar-refractivity contribution is 0.0699. The number of hydrogen-bond acceptors (Lipinski definition) is 5. The number of fused-ring (bicyclic) bond motifs is 2. The zero-order valence-electron chi connectivity index (χ0n) is 17.9. The largest absolute Gasteiger partial charge is 0.336 e. The van der Waals surface area contributed by atoms with Gasteiger partial charge in [-0.25, -0.2) is 17.9 Å². The van der Waals surface area contributed by atoms with Crippen LogP contribution in [0.25, 0.3) is 16.4 Å².